The highest BCUT2D eigenvalue weighted by molar-refractivity contribution is 6.08. The lowest BCUT2D eigenvalue weighted by Gasteiger charge is -2.23. The highest BCUT2D eigenvalue weighted by atomic mass is 19.4. The minimum absolute atomic E-state index is 0.0321. The summed E-state index contributed by atoms with van der Waals surface area (Å²) in [7, 11) is 0. The van der Waals surface area contributed by atoms with Crippen LogP contribution >= 0.6 is 0 Å². The predicted molar refractivity (Wildman–Crippen MR) is 73.5 cm³/mol. The number of aliphatic hydroxyl groups is 1. The average Bonchev–Trinajstić information content (AvgIpc) is 2.93. The number of H-pyrrole nitrogens is 1. The molecule has 22 heavy (non-hydrogen) atoms. The first-order chi connectivity index (χ1) is 10.3. The first-order valence-electron chi connectivity index (χ1n) is 7.11. The number of benzene rings is 1. The monoisotopic (exact) mass is 310 g/mol. The molecule has 2 aliphatic rings. The van der Waals surface area contributed by atoms with Crippen LogP contribution < -0.4 is 5.32 Å². The van der Waals surface area contributed by atoms with E-state index in [0.717, 1.165) is 42.3 Å². The molecule has 1 amide bonds. The summed E-state index contributed by atoms with van der Waals surface area (Å²) in [4.78, 5) is 14.8. The first-order valence-corrected chi connectivity index (χ1v) is 7.11. The molecule has 4 nitrogen and oxygen atoms in total. The molecular weight excluding hydrogens is 297 g/mol. The molecule has 1 aliphatic heterocycles. The number of hydrogen-bond donors (Lipinski definition) is 3. The van der Waals surface area contributed by atoms with Crippen molar-refractivity contribution < 1.29 is 23.1 Å². The quantitative estimate of drug-likeness (QED) is 0.700. The maximum Gasteiger partial charge on any atom is 0.430 e. The van der Waals surface area contributed by atoms with Gasteiger partial charge in [0.15, 0.2) is 0 Å². The molecule has 1 atom stereocenters. The van der Waals surface area contributed by atoms with Crippen molar-refractivity contribution in [1.82, 2.24) is 4.98 Å². The second-order valence-corrected chi connectivity index (χ2v) is 5.89. The first kappa shape index (κ1) is 13.6. The molecule has 1 aromatic heterocycles. The zero-order valence-electron chi connectivity index (χ0n) is 11.5. The smallest absolute Gasteiger partial charge is 0.368 e. The Morgan fingerprint density at radius 1 is 1.18 bits per heavy atom. The minimum atomic E-state index is -5.07. The Hall–Kier alpha value is -2.02. The van der Waals surface area contributed by atoms with Gasteiger partial charge in [-0.1, -0.05) is 0 Å². The maximum absolute atomic E-state index is 13.2. The van der Waals surface area contributed by atoms with Crippen LogP contribution in [0, 0.1) is 0 Å². The van der Waals surface area contributed by atoms with Crippen molar-refractivity contribution in [3.63, 3.8) is 0 Å². The summed E-state index contributed by atoms with van der Waals surface area (Å²) in [6.07, 6.45) is -1.25. The molecule has 4 rings (SSSR count). The SMILES string of the molecule is O=C1Nc2cc3c4c([nH]c3cc2[C@]1(O)C(F)(F)F)CCCC4. The van der Waals surface area contributed by atoms with Crippen LogP contribution in [-0.4, -0.2) is 22.2 Å². The second kappa shape index (κ2) is 4.04. The van der Waals surface area contributed by atoms with Gasteiger partial charge in [-0.05, 0) is 43.4 Å². The number of aromatic nitrogens is 1. The van der Waals surface area contributed by atoms with Gasteiger partial charge in [0, 0.05) is 27.8 Å². The molecule has 1 aromatic carbocycles. The van der Waals surface area contributed by atoms with E-state index in [1.807, 2.05) is 0 Å². The molecule has 0 saturated carbocycles. The lowest BCUT2D eigenvalue weighted by molar-refractivity contribution is -0.252. The van der Waals surface area contributed by atoms with Crippen molar-refractivity contribution in [2.45, 2.75) is 37.5 Å². The van der Waals surface area contributed by atoms with Gasteiger partial charge in [-0.25, -0.2) is 0 Å². The van der Waals surface area contributed by atoms with Gasteiger partial charge in [-0.2, -0.15) is 13.2 Å². The van der Waals surface area contributed by atoms with Crippen LogP contribution in [0.15, 0.2) is 12.1 Å². The van der Waals surface area contributed by atoms with E-state index in [1.54, 1.807) is 0 Å². The molecule has 0 radical (unpaired) electrons. The number of hydrogen-bond acceptors (Lipinski definition) is 2. The van der Waals surface area contributed by atoms with Gasteiger partial charge >= 0.3 is 6.18 Å². The van der Waals surface area contributed by atoms with Gasteiger partial charge in [-0.15, -0.1) is 0 Å². The third-order valence-corrected chi connectivity index (χ3v) is 4.61. The van der Waals surface area contributed by atoms with Crippen LogP contribution in [0.3, 0.4) is 0 Å². The molecule has 2 heterocycles. The fourth-order valence-electron chi connectivity index (χ4n) is 3.48. The van der Waals surface area contributed by atoms with Crippen LogP contribution in [0.2, 0.25) is 0 Å². The lowest BCUT2D eigenvalue weighted by atomic mass is 9.92. The van der Waals surface area contributed by atoms with Crippen LogP contribution in [-0.2, 0) is 23.2 Å². The molecule has 7 heteroatoms. The largest absolute Gasteiger partial charge is 0.430 e. The van der Waals surface area contributed by atoms with E-state index in [1.165, 1.54) is 12.1 Å². The van der Waals surface area contributed by atoms with Gasteiger partial charge in [0.25, 0.3) is 11.5 Å². The van der Waals surface area contributed by atoms with E-state index < -0.39 is 23.2 Å². The summed E-state index contributed by atoms with van der Waals surface area (Å²) >= 11 is 0. The van der Waals surface area contributed by atoms with Crippen LogP contribution in [0.25, 0.3) is 10.9 Å². The number of nitrogens with one attached hydrogen (secondary N) is 2. The standard InChI is InChI=1S/C15H13F3N2O2/c16-15(17,18)14(22)9-6-11-8(5-12(9)20-13(14)21)7-3-1-2-4-10(7)19-11/h5-6,19,22H,1-4H2,(H,20,21)/t14-/m1/s1. The van der Waals surface area contributed by atoms with Crippen molar-refractivity contribution in [2.75, 3.05) is 5.32 Å². The molecular formula is C15H13F3N2O2. The van der Waals surface area contributed by atoms with E-state index in [0.29, 0.717) is 5.52 Å². The van der Waals surface area contributed by atoms with Gasteiger partial charge < -0.3 is 15.4 Å². The molecule has 0 bridgehead atoms. The van der Waals surface area contributed by atoms with E-state index >= 15 is 0 Å². The minimum Gasteiger partial charge on any atom is -0.368 e. The molecule has 116 valence electrons. The summed E-state index contributed by atoms with van der Waals surface area (Å²) in [6, 6.07) is 2.78. The summed E-state index contributed by atoms with van der Waals surface area (Å²) in [6.45, 7) is 0. The molecule has 0 spiro atoms. The zero-order valence-corrected chi connectivity index (χ0v) is 11.5. The summed E-state index contributed by atoms with van der Waals surface area (Å²) in [5.74, 6) is -1.45. The number of carbonyl (C=O) groups excluding carboxylic acids is 1. The Bertz CT molecular complexity index is 809. The predicted octanol–water partition coefficient (Wildman–Crippen LogP) is 2.75. The zero-order chi connectivity index (χ0) is 15.7. The Morgan fingerprint density at radius 3 is 2.64 bits per heavy atom. The Balaban J connectivity index is 1.97. The molecule has 3 N–H and O–H groups in total. The number of halogens is 3. The highest BCUT2D eigenvalue weighted by Crippen LogP contribution is 2.48. The number of anilines is 1. The maximum atomic E-state index is 13.2. The Morgan fingerprint density at radius 2 is 1.91 bits per heavy atom. The topological polar surface area (TPSA) is 65.1 Å². The number of amides is 1. The third kappa shape index (κ3) is 1.54. The summed E-state index contributed by atoms with van der Waals surface area (Å²) < 4.78 is 39.5. The lowest BCUT2D eigenvalue weighted by Crippen LogP contribution is -2.47. The van der Waals surface area contributed by atoms with E-state index in [9.17, 15) is 23.1 Å². The fourth-order valence-corrected chi connectivity index (χ4v) is 3.48. The van der Waals surface area contributed by atoms with Gasteiger partial charge in [0.2, 0.25) is 0 Å². The van der Waals surface area contributed by atoms with Gasteiger partial charge in [-0.3, -0.25) is 4.79 Å². The number of aromatic amines is 1. The van der Waals surface area contributed by atoms with Crippen LogP contribution in [0.4, 0.5) is 18.9 Å². The van der Waals surface area contributed by atoms with Crippen LogP contribution in [0.5, 0.6) is 0 Å². The van der Waals surface area contributed by atoms with Crippen molar-refractivity contribution in [1.29, 1.82) is 0 Å². The number of carbonyl (C=O) groups is 1. The van der Waals surface area contributed by atoms with Crippen molar-refractivity contribution in [2.24, 2.45) is 0 Å². The molecule has 0 saturated heterocycles. The summed E-state index contributed by atoms with van der Waals surface area (Å²) in [5.41, 5.74) is -1.22. The van der Waals surface area contributed by atoms with Crippen molar-refractivity contribution in [3.8, 4) is 0 Å². The second-order valence-electron chi connectivity index (χ2n) is 5.89. The average molecular weight is 310 g/mol. The normalized spacial score (nSPS) is 24.3. The Labute approximate surface area is 123 Å². The van der Waals surface area contributed by atoms with E-state index in [-0.39, 0.29) is 5.69 Å². The summed E-state index contributed by atoms with van der Waals surface area (Å²) in [5, 5.41) is 12.9. The molecule has 0 unspecified atom stereocenters. The molecule has 1 aliphatic carbocycles. The number of aryl methyl sites for hydroxylation is 2. The third-order valence-electron chi connectivity index (χ3n) is 4.61. The van der Waals surface area contributed by atoms with Crippen LogP contribution in [0.1, 0.15) is 29.7 Å². The van der Waals surface area contributed by atoms with Crippen molar-refractivity contribution in [3.05, 3.63) is 29.0 Å². The fraction of sp³-hybridized carbons (Fsp3) is 0.400. The number of alkyl halides is 3. The van der Waals surface area contributed by atoms with Gasteiger partial charge in [0.1, 0.15) is 0 Å². The highest BCUT2D eigenvalue weighted by Gasteiger charge is 2.64. The number of fused-ring (bicyclic) bond motifs is 4. The Kier molecular flexibility index (Phi) is 2.50. The number of rotatable bonds is 0. The molecule has 0 fully saturated rings. The van der Waals surface area contributed by atoms with Crippen molar-refractivity contribution >= 4 is 22.5 Å². The molecule has 2 aromatic rings. The van der Waals surface area contributed by atoms with E-state index in [2.05, 4.69) is 10.3 Å². The van der Waals surface area contributed by atoms with Gasteiger partial charge in [0.05, 0.1) is 0 Å². The van der Waals surface area contributed by atoms with E-state index in [4.69, 9.17) is 0 Å².